The number of amides is 1. The van der Waals surface area contributed by atoms with Crippen LogP contribution in [0.25, 0.3) is 11.5 Å². The summed E-state index contributed by atoms with van der Waals surface area (Å²) >= 11 is 0. The smallest absolute Gasteiger partial charge is 0.322 e. The minimum Gasteiger partial charge on any atom is -0.497 e. The van der Waals surface area contributed by atoms with E-state index < -0.39 is 15.9 Å². The van der Waals surface area contributed by atoms with Gasteiger partial charge in [0.25, 0.3) is 5.91 Å². The number of carbonyl (C=O) groups is 1. The van der Waals surface area contributed by atoms with Gasteiger partial charge in [0.2, 0.25) is 15.9 Å². The molecule has 2 saturated carbocycles. The monoisotopic (exact) mass is 568 g/mol. The fraction of sp³-hybridized carbons (Fsp3) is 0.483. The Labute approximate surface area is 235 Å². The Morgan fingerprint density at radius 1 is 0.850 bits per heavy atom. The summed E-state index contributed by atoms with van der Waals surface area (Å²) in [6, 6.07) is 11.2. The summed E-state index contributed by atoms with van der Waals surface area (Å²) in [6.07, 6.45) is 10.2. The molecule has 5 rings (SSSR count). The highest BCUT2D eigenvalue weighted by atomic mass is 32.2. The van der Waals surface area contributed by atoms with Crippen molar-refractivity contribution in [3.63, 3.8) is 0 Å². The van der Waals surface area contributed by atoms with Crippen LogP contribution in [0.3, 0.4) is 0 Å². The van der Waals surface area contributed by atoms with Crippen LogP contribution in [0.5, 0.6) is 11.5 Å². The zero-order valence-corrected chi connectivity index (χ0v) is 23.8. The fourth-order valence-electron chi connectivity index (χ4n) is 5.75. The number of sulfonamides is 1. The van der Waals surface area contributed by atoms with Crippen LogP contribution in [0, 0.1) is 0 Å². The second kappa shape index (κ2) is 12.4. The maximum Gasteiger partial charge on any atom is 0.322 e. The van der Waals surface area contributed by atoms with Crippen molar-refractivity contribution < 1.29 is 27.1 Å². The lowest BCUT2D eigenvalue weighted by atomic mass is 9.91. The number of methoxy groups -OCH3 is 2. The van der Waals surface area contributed by atoms with Gasteiger partial charge in [0.05, 0.1) is 19.1 Å². The van der Waals surface area contributed by atoms with E-state index >= 15 is 0 Å². The van der Waals surface area contributed by atoms with Crippen molar-refractivity contribution in [2.24, 2.45) is 0 Å². The number of benzene rings is 2. The summed E-state index contributed by atoms with van der Waals surface area (Å²) in [5, 5.41) is 10.5. The van der Waals surface area contributed by atoms with Gasteiger partial charge >= 0.3 is 6.01 Å². The summed E-state index contributed by atoms with van der Waals surface area (Å²) < 4.78 is 45.8. The zero-order valence-electron chi connectivity index (χ0n) is 23.0. The highest BCUT2D eigenvalue weighted by Gasteiger charge is 2.38. The van der Waals surface area contributed by atoms with E-state index in [1.807, 2.05) is 4.31 Å². The maximum atomic E-state index is 13.9. The predicted octanol–water partition coefficient (Wildman–Crippen LogP) is 5.66. The zero-order chi connectivity index (χ0) is 28.1. The molecule has 1 aromatic heterocycles. The quantitative estimate of drug-likeness (QED) is 0.351. The molecule has 40 heavy (non-hydrogen) atoms. The first-order valence-electron chi connectivity index (χ1n) is 13.9. The lowest BCUT2D eigenvalue weighted by Crippen LogP contribution is -2.48. The van der Waals surface area contributed by atoms with E-state index in [4.69, 9.17) is 13.9 Å². The first-order chi connectivity index (χ1) is 19.4. The van der Waals surface area contributed by atoms with Crippen molar-refractivity contribution >= 4 is 21.9 Å². The van der Waals surface area contributed by atoms with E-state index in [0.717, 1.165) is 64.2 Å². The van der Waals surface area contributed by atoms with Gasteiger partial charge in [-0.25, -0.2) is 8.42 Å². The molecule has 1 heterocycles. The van der Waals surface area contributed by atoms with Gasteiger partial charge in [0.1, 0.15) is 11.5 Å². The van der Waals surface area contributed by atoms with Crippen molar-refractivity contribution in [3.8, 4) is 23.0 Å². The van der Waals surface area contributed by atoms with Crippen LogP contribution in [0.15, 0.2) is 51.8 Å². The average Bonchev–Trinajstić information content (AvgIpc) is 3.46. The first kappa shape index (κ1) is 28.1. The van der Waals surface area contributed by atoms with Crippen molar-refractivity contribution in [3.05, 3.63) is 48.0 Å². The molecular formula is C29H36N4O6S. The van der Waals surface area contributed by atoms with Crippen LogP contribution >= 0.6 is 0 Å². The molecule has 1 N–H and O–H groups in total. The van der Waals surface area contributed by atoms with Gasteiger partial charge < -0.3 is 13.9 Å². The standard InChI is InChI=1S/C29H36N4O6S/c1-37-24-17-21(18-25(19-24)38-2)28-31-32-29(39-28)30-27(34)20-13-15-26(16-14-20)40(35,36)33(22-9-5-3-6-10-22)23-11-7-4-8-12-23/h13-19,22-23H,3-12H2,1-2H3,(H,30,32,34). The summed E-state index contributed by atoms with van der Waals surface area (Å²) in [5.41, 5.74) is 0.850. The third-order valence-electron chi connectivity index (χ3n) is 7.80. The molecule has 1 amide bonds. The molecule has 0 bridgehead atoms. The molecule has 214 valence electrons. The second-order valence-corrected chi connectivity index (χ2v) is 12.3. The largest absolute Gasteiger partial charge is 0.497 e. The summed E-state index contributed by atoms with van der Waals surface area (Å²) in [6.45, 7) is 0. The lowest BCUT2D eigenvalue weighted by molar-refractivity contribution is 0.102. The second-order valence-electron chi connectivity index (χ2n) is 10.4. The molecule has 0 atom stereocenters. The van der Waals surface area contributed by atoms with Crippen LogP contribution < -0.4 is 14.8 Å². The van der Waals surface area contributed by atoms with Crippen molar-refractivity contribution in [2.75, 3.05) is 19.5 Å². The number of hydrogen-bond donors (Lipinski definition) is 1. The number of carbonyl (C=O) groups excluding carboxylic acids is 1. The van der Waals surface area contributed by atoms with E-state index in [0.29, 0.717) is 17.1 Å². The number of hydrogen-bond acceptors (Lipinski definition) is 8. The SMILES string of the molecule is COc1cc(OC)cc(-c2nnc(NC(=O)c3ccc(S(=O)(=O)N(C4CCCCC4)C4CCCCC4)cc3)o2)c1. The number of aromatic nitrogens is 2. The van der Waals surface area contributed by atoms with Crippen molar-refractivity contribution in [1.29, 1.82) is 0 Å². The molecule has 2 aliphatic rings. The van der Waals surface area contributed by atoms with Crippen LogP contribution in [-0.2, 0) is 10.0 Å². The topological polar surface area (TPSA) is 124 Å². The summed E-state index contributed by atoms with van der Waals surface area (Å²) in [5.74, 6) is 0.802. The van der Waals surface area contributed by atoms with Gasteiger partial charge in [-0.1, -0.05) is 43.6 Å². The fourth-order valence-corrected chi connectivity index (χ4v) is 7.68. The van der Waals surface area contributed by atoms with Crippen LogP contribution in [0.1, 0.15) is 74.6 Å². The van der Waals surface area contributed by atoms with Crippen LogP contribution in [0.2, 0.25) is 0 Å². The number of rotatable bonds is 9. The van der Waals surface area contributed by atoms with Gasteiger partial charge in [0, 0.05) is 29.3 Å². The van der Waals surface area contributed by atoms with Crippen LogP contribution in [0.4, 0.5) is 6.01 Å². The van der Waals surface area contributed by atoms with Crippen molar-refractivity contribution in [1.82, 2.24) is 14.5 Å². The van der Waals surface area contributed by atoms with E-state index in [-0.39, 0.29) is 34.4 Å². The van der Waals surface area contributed by atoms with Crippen LogP contribution in [-0.4, -0.2) is 55.1 Å². The summed E-state index contributed by atoms with van der Waals surface area (Å²) in [4.78, 5) is 13.1. The Hall–Kier alpha value is -3.44. The molecular weight excluding hydrogens is 532 g/mol. The highest BCUT2D eigenvalue weighted by molar-refractivity contribution is 7.89. The molecule has 10 nitrogen and oxygen atoms in total. The highest BCUT2D eigenvalue weighted by Crippen LogP contribution is 2.35. The van der Waals surface area contributed by atoms with Gasteiger partial charge in [0.15, 0.2) is 0 Å². The molecule has 3 aromatic rings. The van der Waals surface area contributed by atoms with Gasteiger partial charge in [-0.2, -0.15) is 4.31 Å². The molecule has 0 aliphatic heterocycles. The van der Waals surface area contributed by atoms with Gasteiger partial charge in [-0.15, -0.1) is 5.10 Å². The number of anilines is 1. The number of ether oxygens (including phenoxy) is 2. The van der Waals surface area contributed by atoms with E-state index in [2.05, 4.69) is 15.5 Å². The number of nitrogens with one attached hydrogen (secondary N) is 1. The molecule has 2 fully saturated rings. The van der Waals surface area contributed by atoms with Gasteiger partial charge in [-0.3, -0.25) is 10.1 Å². The molecule has 0 radical (unpaired) electrons. The molecule has 2 aliphatic carbocycles. The molecule has 0 unspecified atom stereocenters. The summed E-state index contributed by atoms with van der Waals surface area (Å²) in [7, 11) is -0.621. The molecule has 0 saturated heterocycles. The van der Waals surface area contributed by atoms with E-state index in [9.17, 15) is 13.2 Å². The third kappa shape index (κ3) is 6.15. The maximum absolute atomic E-state index is 13.9. The van der Waals surface area contributed by atoms with Gasteiger partial charge in [-0.05, 0) is 62.1 Å². The lowest BCUT2D eigenvalue weighted by Gasteiger charge is -2.40. The minimum absolute atomic E-state index is 0.0427. The Balaban J connectivity index is 1.31. The Kier molecular flexibility index (Phi) is 8.70. The third-order valence-corrected chi connectivity index (χ3v) is 9.82. The molecule has 2 aromatic carbocycles. The van der Waals surface area contributed by atoms with Crippen molar-refractivity contribution in [2.45, 2.75) is 81.2 Å². The Bertz CT molecular complexity index is 1370. The first-order valence-corrected chi connectivity index (χ1v) is 15.3. The van der Waals surface area contributed by atoms with E-state index in [1.54, 1.807) is 18.2 Å². The molecule has 11 heteroatoms. The molecule has 0 spiro atoms. The Morgan fingerprint density at radius 2 is 1.40 bits per heavy atom. The number of nitrogens with zero attached hydrogens (tertiary/aromatic N) is 3. The Morgan fingerprint density at radius 3 is 1.93 bits per heavy atom. The average molecular weight is 569 g/mol. The normalized spacial score (nSPS) is 17.1. The van der Waals surface area contributed by atoms with E-state index in [1.165, 1.54) is 38.5 Å². The minimum atomic E-state index is -3.70. The predicted molar refractivity (Wildman–Crippen MR) is 150 cm³/mol.